The molecule has 7 heteroatoms. The summed E-state index contributed by atoms with van der Waals surface area (Å²) in [6, 6.07) is 24.9. The third-order valence-electron chi connectivity index (χ3n) is 5.44. The minimum atomic E-state index is -0.851. The van der Waals surface area contributed by atoms with Crippen LogP contribution in [0.1, 0.15) is 24.2 Å². The van der Waals surface area contributed by atoms with Crippen molar-refractivity contribution in [2.45, 2.75) is 19.4 Å². The number of nitrogens with zero attached hydrogens (tertiary/aromatic N) is 2. The number of aromatic nitrogens is 2. The largest absolute Gasteiger partial charge is 0.481 e. The Kier molecular flexibility index (Phi) is 6.73. The molecule has 34 heavy (non-hydrogen) atoms. The van der Waals surface area contributed by atoms with Gasteiger partial charge in [0.1, 0.15) is 6.10 Å². The zero-order chi connectivity index (χ0) is 24.1. The van der Waals surface area contributed by atoms with E-state index in [2.05, 4.69) is 10.4 Å². The predicted molar refractivity (Wildman–Crippen MR) is 130 cm³/mol. The van der Waals surface area contributed by atoms with E-state index >= 15 is 0 Å². The molecule has 0 unspecified atom stereocenters. The molecular formula is C27H25N3O4. The normalized spacial score (nSPS) is 11.6. The highest BCUT2D eigenvalue weighted by Gasteiger charge is 2.16. The second-order valence-corrected chi connectivity index (χ2v) is 7.99. The van der Waals surface area contributed by atoms with Gasteiger partial charge in [0, 0.05) is 18.8 Å². The van der Waals surface area contributed by atoms with Crippen LogP contribution in [0, 0.1) is 0 Å². The number of hydrogen-bond acceptors (Lipinski definition) is 4. The summed E-state index contributed by atoms with van der Waals surface area (Å²) >= 11 is 0. The number of aliphatic carboxylic acids is 1. The molecule has 1 amide bonds. The molecule has 1 aromatic heterocycles. The summed E-state index contributed by atoms with van der Waals surface area (Å²) in [6.07, 6.45) is 0.873. The number of aryl methyl sites for hydroxylation is 1. The third-order valence-corrected chi connectivity index (χ3v) is 5.44. The van der Waals surface area contributed by atoms with Crippen molar-refractivity contribution in [1.29, 1.82) is 0 Å². The van der Waals surface area contributed by atoms with Gasteiger partial charge in [-0.05, 0) is 34.7 Å². The highest BCUT2D eigenvalue weighted by atomic mass is 16.6. The Morgan fingerprint density at radius 3 is 2.15 bits per heavy atom. The number of carboxylic acids is 1. The van der Waals surface area contributed by atoms with Gasteiger partial charge in [-0.15, -0.1) is 0 Å². The van der Waals surface area contributed by atoms with Crippen LogP contribution in [0.3, 0.4) is 0 Å². The van der Waals surface area contributed by atoms with Gasteiger partial charge in [0.25, 0.3) is 0 Å². The molecule has 4 rings (SSSR count). The fourth-order valence-electron chi connectivity index (χ4n) is 3.70. The highest BCUT2D eigenvalue weighted by molar-refractivity contribution is 5.90. The van der Waals surface area contributed by atoms with Crippen LogP contribution in [0.4, 0.5) is 10.6 Å². The van der Waals surface area contributed by atoms with Crippen LogP contribution >= 0.6 is 0 Å². The molecule has 7 nitrogen and oxygen atoms in total. The summed E-state index contributed by atoms with van der Waals surface area (Å²) in [4.78, 5) is 23.4. The fraction of sp³-hybridized carbons (Fsp3) is 0.148. The number of hydrogen-bond donors (Lipinski definition) is 2. The summed E-state index contributed by atoms with van der Waals surface area (Å²) in [5, 5.41) is 16.1. The van der Waals surface area contributed by atoms with Crippen molar-refractivity contribution in [3.05, 3.63) is 96.2 Å². The maximum Gasteiger partial charge on any atom is 0.413 e. The van der Waals surface area contributed by atoms with Gasteiger partial charge in [-0.1, -0.05) is 78.9 Å². The number of carboxylic acid groups (broad SMARTS) is 1. The summed E-state index contributed by atoms with van der Waals surface area (Å²) in [7, 11) is 1.79. The first-order valence-electron chi connectivity index (χ1n) is 10.9. The van der Waals surface area contributed by atoms with Gasteiger partial charge >= 0.3 is 12.1 Å². The topological polar surface area (TPSA) is 93.5 Å². The number of anilines is 1. The monoisotopic (exact) mass is 455 g/mol. The van der Waals surface area contributed by atoms with E-state index in [4.69, 9.17) is 9.84 Å². The molecule has 0 aliphatic heterocycles. The van der Waals surface area contributed by atoms with Gasteiger partial charge in [-0.2, -0.15) is 5.10 Å². The lowest BCUT2D eigenvalue weighted by Crippen LogP contribution is -2.17. The van der Waals surface area contributed by atoms with Crippen LogP contribution in [-0.4, -0.2) is 26.9 Å². The first kappa shape index (κ1) is 22.8. The first-order valence-corrected chi connectivity index (χ1v) is 10.9. The summed E-state index contributed by atoms with van der Waals surface area (Å²) in [5.41, 5.74) is 5.32. The lowest BCUT2D eigenvalue weighted by atomic mass is 10.00. The smallest absolute Gasteiger partial charge is 0.413 e. The van der Waals surface area contributed by atoms with Crippen LogP contribution in [0.5, 0.6) is 0 Å². The predicted octanol–water partition coefficient (Wildman–Crippen LogP) is 5.69. The zero-order valence-electron chi connectivity index (χ0n) is 18.9. The van der Waals surface area contributed by atoms with Gasteiger partial charge in [0.05, 0.1) is 6.42 Å². The summed E-state index contributed by atoms with van der Waals surface area (Å²) < 4.78 is 7.15. The molecule has 172 valence electrons. The van der Waals surface area contributed by atoms with Crippen molar-refractivity contribution in [3.8, 4) is 22.3 Å². The van der Waals surface area contributed by atoms with Crippen molar-refractivity contribution >= 4 is 17.9 Å². The average molecular weight is 456 g/mol. The molecule has 1 atom stereocenters. The second kappa shape index (κ2) is 10.0. The third kappa shape index (κ3) is 5.50. The van der Waals surface area contributed by atoms with Crippen LogP contribution in [0.25, 0.3) is 22.3 Å². The first-order chi connectivity index (χ1) is 16.4. The molecule has 0 aliphatic carbocycles. The van der Waals surface area contributed by atoms with E-state index in [0.717, 1.165) is 33.4 Å². The minimum Gasteiger partial charge on any atom is -0.481 e. The van der Waals surface area contributed by atoms with Crippen molar-refractivity contribution in [3.63, 3.8) is 0 Å². The lowest BCUT2D eigenvalue weighted by molar-refractivity contribution is -0.136. The lowest BCUT2D eigenvalue weighted by Gasteiger charge is -2.14. The second-order valence-electron chi connectivity index (χ2n) is 7.99. The molecule has 0 aliphatic rings. The van der Waals surface area contributed by atoms with Gasteiger partial charge in [-0.3, -0.25) is 14.8 Å². The van der Waals surface area contributed by atoms with E-state index in [1.165, 1.54) is 0 Å². The number of rotatable bonds is 7. The summed E-state index contributed by atoms with van der Waals surface area (Å²) in [5.74, 6) is -0.435. The van der Waals surface area contributed by atoms with Crippen molar-refractivity contribution in [2.24, 2.45) is 7.05 Å². The van der Waals surface area contributed by atoms with Crippen molar-refractivity contribution in [1.82, 2.24) is 9.78 Å². The standard InChI is InChI=1S/C27H25N3O4/c1-18(20-6-4-3-5-7-20)34-27(33)28-26-24(17-30(2)29-26)23-14-12-22(13-15-23)21-10-8-19(9-11-21)16-25(31)32/h3-15,17-18H,16H2,1-2H3,(H,31,32)(H,28,29,33)/t18-/m1/s1. The molecule has 3 aromatic carbocycles. The quantitative estimate of drug-likeness (QED) is 0.373. The number of amides is 1. The SMILES string of the molecule is C[C@@H](OC(=O)Nc1nn(C)cc1-c1ccc(-c2ccc(CC(=O)O)cc2)cc1)c1ccccc1. The van der Waals surface area contributed by atoms with E-state index in [0.29, 0.717) is 5.82 Å². The molecule has 0 saturated carbocycles. The summed E-state index contributed by atoms with van der Waals surface area (Å²) in [6.45, 7) is 1.82. The highest BCUT2D eigenvalue weighted by Crippen LogP contribution is 2.30. The van der Waals surface area contributed by atoms with Crippen molar-refractivity contribution in [2.75, 3.05) is 5.32 Å². The molecule has 2 N–H and O–H groups in total. The Balaban J connectivity index is 1.47. The molecule has 0 saturated heterocycles. The van der Waals surface area contributed by atoms with Crippen LogP contribution in [0.2, 0.25) is 0 Å². The fourth-order valence-corrected chi connectivity index (χ4v) is 3.70. The Morgan fingerprint density at radius 1 is 0.941 bits per heavy atom. The maximum absolute atomic E-state index is 12.5. The van der Waals surface area contributed by atoms with Crippen molar-refractivity contribution < 1.29 is 19.4 Å². The van der Waals surface area contributed by atoms with Gasteiger partial charge in [0.15, 0.2) is 5.82 Å². The number of ether oxygens (including phenoxy) is 1. The molecule has 4 aromatic rings. The van der Waals surface area contributed by atoms with E-state index in [1.807, 2.05) is 92.0 Å². The van der Waals surface area contributed by atoms with Gasteiger partial charge < -0.3 is 9.84 Å². The Labute approximate surface area is 197 Å². The maximum atomic E-state index is 12.5. The van der Waals surface area contributed by atoms with E-state index < -0.39 is 18.2 Å². The number of carbonyl (C=O) groups excluding carboxylic acids is 1. The molecule has 0 bridgehead atoms. The molecule has 1 heterocycles. The molecule has 0 spiro atoms. The van der Waals surface area contributed by atoms with Crippen LogP contribution in [0.15, 0.2) is 85.1 Å². The minimum absolute atomic E-state index is 0.00254. The van der Waals surface area contributed by atoms with E-state index in [9.17, 15) is 9.59 Å². The molecule has 0 fully saturated rings. The molecule has 0 radical (unpaired) electrons. The zero-order valence-corrected chi connectivity index (χ0v) is 18.9. The number of carbonyl (C=O) groups is 2. The average Bonchev–Trinajstić information content (AvgIpc) is 3.19. The molecular weight excluding hydrogens is 430 g/mol. The van der Waals surface area contributed by atoms with E-state index in [-0.39, 0.29) is 6.42 Å². The van der Waals surface area contributed by atoms with E-state index in [1.54, 1.807) is 11.7 Å². The number of benzene rings is 3. The Hall–Kier alpha value is -4.39. The Morgan fingerprint density at radius 2 is 1.53 bits per heavy atom. The van der Waals surface area contributed by atoms with Crippen LogP contribution < -0.4 is 5.32 Å². The Bertz CT molecular complexity index is 1280. The van der Waals surface area contributed by atoms with Crippen LogP contribution in [-0.2, 0) is 23.0 Å². The van der Waals surface area contributed by atoms with Gasteiger partial charge in [-0.25, -0.2) is 4.79 Å². The number of nitrogens with one attached hydrogen (secondary N) is 1. The van der Waals surface area contributed by atoms with Gasteiger partial charge in [0.2, 0.25) is 0 Å².